The van der Waals surface area contributed by atoms with Crippen LogP contribution in [-0.2, 0) is 29.7 Å². The van der Waals surface area contributed by atoms with Gasteiger partial charge in [-0.05, 0) is 72.6 Å². The van der Waals surface area contributed by atoms with Crippen molar-refractivity contribution in [2.24, 2.45) is 5.92 Å². The summed E-state index contributed by atoms with van der Waals surface area (Å²) in [5.74, 6) is -8.55. The van der Waals surface area contributed by atoms with Crippen molar-refractivity contribution in [3.05, 3.63) is 126 Å². The lowest BCUT2D eigenvalue weighted by molar-refractivity contribution is -0.250. The predicted molar refractivity (Wildman–Crippen MR) is 163 cm³/mol. The number of ether oxygens (including phenoxy) is 5. The van der Waals surface area contributed by atoms with Crippen molar-refractivity contribution >= 4 is 17.9 Å². The minimum atomic E-state index is -4.09. The zero-order valence-electron chi connectivity index (χ0n) is 25.6. The van der Waals surface area contributed by atoms with Gasteiger partial charge in [0.05, 0.1) is 24.3 Å². The Morgan fingerprint density at radius 2 is 1.34 bits per heavy atom. The highest BCUT2D eigenvalue weighted by molar-refractivity contribution is 5.90. The largest absolute Gasteiger partial charge is 0.464 e. The number of benzene rings is 4. The third-order valence-corrected chi connectivity index (χ3v) is 7.86. The molecule has 0 unspecified atom stereocenters. The van der Waals surface area contributed by atoms with E-state index in [0.29, 0.717) is 0 Å². The first-order valence-corrected chi connectivity index (χ1v) is 14.7. The lowest BCUT2D eigenvalue weighted by Crippen LogP contribution is -2.57. The first-order valence-electron chi connectivity index (χ1n) is 14.7. The molecule has 0 radical (unpaired) electrons. The molecule has 1 aliphatic rings. The zero-order chi connectivity index (χ0) is 33.7. The fourth-order valence-electron chi connectivity index (χ4n) is 5.20. The first-order chi connectivity index (χ1) is 22.5. The van der Waals surface area contributed by atoms with E-state index >= 15 is 8.78 Å². The van der Waals surface area contributed by atoms with Gasteiger partial charge in [0.15, 0.2) is 6.10 Å². The van der Waals surface area contributed by atoms with Crippen LogP contribution < -0.4 is 4.74 Å². The maximum atomic E-state index is 15.2. The van der Waals surface area contributed by atoms with Gasteiger partial charge in [0.2, 0.25) is 12.4 Å². The van der Waals surface area contributed by atoms with Crippen molar-refractivity contribution in [3.63, 3.8) is 0 Å². The zero-order valence-corrected chi connectivity index (χ0v) is 25.6. The quantitative estimate of drug-likeness (QED) is 0.142. The van der Waals surface area contributed by atoms with Gasteiger partial charge in [-0.3, -0.25) is 0 Å². The van der Waals surface area contributed by atoms with Crippen LogP contribution in [0, 0.1) is 11.7 Å². The standard InChI is InChI=1S/C36H31F3O8/c1-21-22(2)44-34(31(47-33(41)24-13-8-5-9-14-24)30(21)46-32(40)23-11-6-4-7-12-23)45-27-17-18-29(36(38,39)35(42)43-3)28(20-27)25-15-10-16-26(37)19-25/h4-22,30-31,34H,1-3H3/t21-,22-,30+,31+,34-/m0/s1. The van der Waals surface area contributed by atoms with E-state index < -0.39 is 65.7 Å². The molecule has 244 valence electrons. The van der Waals surface area contributed by atoms with E-state index in [0.717, 1.165) is 25.3 Å². The lowest BCUT2D eigenvalue weighted by Gasteiger charge is -2.43. The van der Waals surface area contributed by atoms with Gasteiger partial charge in [-0.1, -0.05) is 55.5 Å². The Kier molecular flexibility index (Phi) is 9.95. The molecule has 1 heterocycles. The second-order valence-corrected chi connectivity index (χ2v) is 10.9. The minimum Gasteiger partial charge on any atom is -0.464 e. The summed E-state index contributed by atoms with van der Waals surface area (Å²) in [5, 5.41) is 0. The van der Waals surface area contributed by atoms with Crippen molar-refractivity contribution < 1.29 is 51.2 Å². The van der Waals surface area contributed by atoms with E-state index in [4.69, 9.17) is 18.9 Å². The molecule has 4 aromatic rings. The third kappa shape index (κ3) is 7.30. The molecular weight excluding hydrogens is 617 g/mol. The summed E-state index contributed by atoms with van der Waals surface area (Å²) in [4.78, 5) is 38.5. The van der Waals surface area contributed by atoms with Gasteiger partial charge in [-0.15, -0.1) is 0 Å². The summed E-state index contributed by atoms with van der Waals surface area (Å²) >= 11 is 0. The molecule has 0 aromatic heterocycles. The molecule has 0 aliphatic carbocycles. The second kappa shape index (κ2) is 14.1. The molecule has 0 amide bonds. The van der Waals surface area contributed by atoms with Gasteiger partial charge >= 0.3 is 23.8 Å². The highest BCUT2D eigenvalue weighted by atomic mass is 19.3. The summed E-state index contributed by atoms with van der Waals surface area (Å²) in [6.45, 7) is 3.48. The molecule has 5 rings (SSSR count). The first kappa shape index (κ1) is 33.2. The van der Waals surface area contributed by atoms with Crippen molar-refractivity contribution in [2.45, 2.75) is 44.4 Å². The molecule has 1 fully saturated rings. The lowest BCUT2D eigenvalue weighted by atomic mass is 9.91. The Labute approximate surface area is 269 Å². The molecule has 4 aromatic carbocycles. The van der Waals surface area contributed by atoms with Crippen LogP contribution in [0.1, 0.15) is 40.1 Å². The van der Waals surface area contributed by atoms with Crippen LogP contribution >= 0.6 is 0 Å². The summed E-state index contributed by atoms with van der Waals surface area (Å²) in [7, 11) is 0.829. The summed E-state index contributed by atoms with van der Waals surface area (Å²) in [6, 6.07) is 24.6. The smallest absolute Gasteiger partial charge is 0.381 e. The van der Waals surface area contributed by atoms with Gasteiger partial charge in [-0.25, -0.2) is 18.8 Å². The van der Waals surface area contributed by atoms with Crippen LogP contribution in [0.15, 0.2) is 103 Å². The molecule has 0 spiro atoms. The second-order valence-electron chi connectivity index (χ2n) is 10.9. The Morgan fingerprint density at radius 3 is 1.91 bits per heavy atom. The molecule has 1 aliphatic heterocycles. The number of alkyl halides is 2. The number of esters is 3. The van der Waals surface area contributed by atoms with Gasteiger partial charge in [0.1, 0.15) is 11.6 Å². The minimum absolute atomic E-state index is 0.0299. The van der Waals surface area contributed by atoms with Crippen LogP contribution in [0.2, 0.25) is 0 Å². The monoisotopic (exact) mass is 648 g/mol. The van der Waals surface area contributed by atoms with Crippen LogP contribution in [0.4, 0.5) is 13.2 Å². The predicted octanol–water partition coefficient (Wildman–Crippen LogP) is 6.97. The maximum absolute atomic E-state index is 15.2. The molecule has 8 nitrogen and oxygen atoms in total. The highest BCUT2D eigenvalue weighted by Crippen LogP contribution is 2.40. The average Bonchev–Trinajstić information content (AvgIpc) is 3.08. The van der Waals surface area contributed by atoms with Crippen molar-refractivity contribution in [3.8, 4) is 16.9 Å². The number of hydrogen-bond donors (Lipinski definition) is 0. The number of carbonyl (C=O) groups is 3. The van der Waals surface area contributed by atoms with E-state index in [1.54, 1.807) is 74.5 Å². The van der Waals surface area contributed by atoms with Crippen LogP contribution in [-0.4, -0.2) is 49.6 Å². The molecule has 1 saturated heterocycles. The molecule has 0 saturated carbocycles. The van der Waals surface area contributed by atoms with Crippen molar-refractivity contribution in [1.29, 1.82) is 0 Å². The summed E-state index contributed by atoms with van der Waals surface area (Å²) < 4.78 is 73.0. The Morgan fingerprint density at radius 1 is 0.745 bits per heavy atom. The normalized spacial score (nSPS) is 20.9. The number of methoxy groups -OCH3 is 1. The topological polar surface area (TPSA) is 97.4 Å². The highest BCUT2D eigenvalue weighted by Gasteiger charge is 2.49. The summed E-state index contributed by atoms with van der Waals surface area (Å²) in [5.41, 5.74) is -0.461. The number of halogens is 3. The molecule has 47 heavy (non-hydrogen) atoms. The SMILES string of the molecule is COC(=O)C(F)(F)c1ccc(O[C@@H]2O[C@@H](C)[C@H](C)[C@@H](OC(=O)c3ccccc3)[C@H]2OC(=O)c2ccccc2)cc1-c1cccc(F)c1. The summed E-state index contributed by atoms with van der Waals surface area (Å²) in [6.07, 6.45) is -4.37. The van der Waals surface area contributed by atoms with Crippen molar-refractivity contribution in [1.82, 2.24) is 0 Å². The molecule has 11 heteroatoms. The van der Waals surface area contributed by atoms with Crippen LogP contribution in [0.5, 0.6) is 5.75 Å². The van der Waals surface area contributed by atoms with Gasteiger partial charge in [0, 0.05) is 11.5 Å². The number of rotatable bonds is 9. The van der Waals surface area contributed by atoms with Gasteiger partial charge < -0.3 is 23.7 Å². The maximum Gasteiger partial charge on any atom is 0.381 e. The van der Waals surface area contributed by atoms with E-state index in [-0.39, 0.29) is 28.0 Å². The van der Waals surface area contributed by atoms with E-state index in [2.05, 4.69) is 4.74 Å². The molecule has 5 atom stereocenters. The van der Waals surface area contributed by atoms with E-state index in [1.807, 2.05) is 0 Å². The van der Waals surface area contributed by atoms with Gasteiger partial charge in [0.25, 0.3) is 0 Å². The average molecular weight is 649 g/mol. The fraction of sp³-hybridized carbons (Fsp3) is 0.250. The Hall–Kier alpha value is -5.16. The Bertz CT molecular complexity index is 1730. The van der Waals surface area contributed by atoms with E-state index in [9.17, 15) is 18.8 Å². The third-order valence-electron chi connectivity index (χ3n) is 7.86. The Balaban J connectivity index is 1.54. The number of hydrogen-bond acceptors (Lipinski definition) is 8. The van der Waals surface area contributed by atoms with Crippen LogP contribution in [0.25, 0.3) is 11.1 Å². The fourth-order valence-corrected chi connectivity index (χ4v) is 5.20. The number of carbonyl (C=O) groups excluding carboxylic acids is 3. The molecule has 0 bridgehead atoms. The van der Waals surface area contributed by atoms with Gasteiger partial charge in [-0.2, -0.15) is 8.78 Å². The molecular formula is C36H31F3O8. The van der Waals surface area contributed by atoms with E-state index in [1.165, 1.54) is 24.3 Å². The van der Waals surface area contributed by atoms with Crippen molar-refractivity contribution in [2.75, 3.05) is 7.11 Å². The van der Waals surface area contributed by atoms with Crippen LogP contribution in [0.3, 0.4) is 0 Å². The molecule has 0 N–H and O–H groups in total.